The average Bonchev–Trinajstić information content (AvgIpc) is 3.03. The number of halogens is 2. The van der Waals surface area contributed by atoms with Crippen LogP contribution in [0.5, 0.6) is 17.2 Å². The molecule has 1 aliphatic rings. The Morgan fingerprint density at radius 2 is 1.93 bits per heavy atom. The van der Waals surface area contributed by atoms with E-state index in [0.29, 0.717) is 47.3 Å². The van der Waals surface area contributed by atoms with Crippen molar-refractivity contribution >= 4 is 56.7 Å². The van der Waals surface area contributed by atoms with Crippen LogP contribution < -0.4 is 30.3 Å². The molecule has 0 spiro atoms. The fourth-order valence-electron chi connectivity index (χ4n) is 4.44. The fraction of sp³-hybridized carbons (Fsp3) is 0.250. The van der Waals surface area contributed by atoms with Gasteiger partial charge in [-0.3, -0.25) is 5.43 Å². The highest BCUT2D eigenvalue weighted by Crippen LogP contribution is 2.35. The third-order valence-corrected chi connectivity index (χ3v) is 7.99. The van der Waals surface area contributed by atoms with E-state index in [1.54, 1.807) is 43.5 Å². The summed E-state index contributed by atoms with van der Waals surface area (Å²) in [5.41, 5.74) is 6.16. The van der Waals surface area contributed by atoms with Crippen molar-refractivity contribution in [2.75, 3.05) is 20.3 Å². The van der Waals surface area contributed by atoms with E-state index >= 15 is 0 Å². The quantitative estimate of drug-likeness (QED) is 0.0611. The van der Waals surface area contributed by atoms with E-state index in [4.69, 9.17) is 24.2 Å². The summed E-state index contributed by atoms with van der Waals surface area (Å²) in [7, 11) is 1.27. The van der Waals surface area contributed by atoms with Crippen LogP contribution in [0.3, 0.4) is 0 Å². The largest absolute Gasteiger partial charge is 0.490 e. The number of rotatable bonds is 13. The zero-order valence-electron chi connectivity index (χ0n) is 25.1. The first-order valence-electron chi connectivity index (χ1n) is 14.0. The van der Waals surface area contributed by atoms with Gasteiger partial charge in [0, 0.05) is 5.70 Å². The minimum atomic E-state index is -1.15. The third-order valence-electron chi connectivity index (χ3n) is 6.60. The number of benzene rings is 3. The van der Waals surface area contributed by atoms with Crippen molar-refractivity contribution in [1.82, 2.24) is 16.1 Å². The summed E-state index contributed by atoms with van der Waals surface area (Å²) >= 11 is 5.72. The Hall–Kier alpha value is -4.33. The van der Waals surface area contributed by atoms with Gasteiger partial charge in [0.05, 0.1) is 51.2 Å². The number of aliphatic hydroxyl groups is 1. The molecule has 14 heteroatoms. The van der Waals surface area contributed by atoms with Gasteiger partial charge in [-0.25, -0.2) is 9.59 Å². The normalized spacial score (nSPS) is 15.0. The number of carbonyl (C=O) groups is 2. The van der Waals surface area contributed by atoms with Crippen LogP contribution >= 0.6 is 38.5 Å². The summed E-state index contributed by atoms with van der Waals surface area (Å²) in [6.07, 6.45) is 0.408. The van der Waals surface area contributed by atoms with Gasteiger partial charge in [-0.1, -0.05) is 18.2 Å². The summed E-state index contributed by atoms with van der Waals surface area (Å²) in [6.45, 7) is 3.95. The molecule has 0 radical (unpaired) electrons. The number of allylic oxidation sites excluding steroid dienone is 1. The highest BCUT2D eigenvalue weighted by atomic mass is 127. The number of hydrazone groups is 1. The van der Waals surface area contributed by atoms with Gasteiger partial charge >= 0.3 is 12.0 Å². The second kappa shape index (κ2) is 16.3. The molecular formula is C32H31BrIN5O7. The molecule has 0 aliphatic carbocycles. The van der Waals surface area contributed by atoms with Gasteiger partial charge in [-0.05, 0) is 105 Å². The molecule has 0 saturated heterocycles. The first kappa shape index (κ1) is 34.5. The summed E-state index contributed by atoms with van der Waals surface area (Å²) in [6, 6.07) is 16.8. The molecule has 0 unspecified atom stereocenters. The predicted molar refractivity (Wildman–Crippen MR) is 181 cm³/mol. The minimum absolute atomic E-state index is 0.156. The van der Waals surface area contributed by atoms with Gasteiger partial charge in [-0.15, -0.1) is 0 Å². The molecule has 46 heavy (non-hydrogen) atoms. The van der Waals surface area contributed by atoms with Crippen molar-refractivity contribution in [2.45, 2.75) is 32.7 Å². The Labute approximate surface area is 288 Å². The zero-order valence-corrected chi connectivity index (χ0v) is 28.8. The first-order valence-corrected chi connectivity index (χ1v) is 15.8. The van der Waals surface area contributed by atoms with Gasteiger partial charge in [0.2, 0.25) is 0 Å². The number of nitriles is 1. The molecule has 0 fully saturated rings. The Kier molecular flexibility index (Phi) is 12.2. The van der Waals surface area contributed by atoms with Crippen LogP contribution in [-0.4, -0.2) is 49.9 Å². The van der Waals surface area contributed by atoms with Crippen LogP contribution in [0.15, 0.2) is 75.4 Å². The number of hydrogen-bond acceptors (Lipinski definition) is 10. The van der Waals surface area contributed by atoms with Crippen molar-refractivity contribution in [3.05, 3.63) is 96.2 Å². The summed E-state index contributed by atoms with van der Waals surface area (Å²) in [5.74, 6) is 0.821. The maximum absolute atomic E-state index is 12.5. The number of methoxy groups -OCH3 is 1. The molecule has 1 aliphatic heterocycles. The van der Waals surface area contributed by atoms with E-state index in [1.807, 2.05) is 31.2 Å². The van der Waals surface area contributed by atoms with Crippen molar-refractivity contribution in [3.8, 4) is 23.3 Å². The van der Waals surface area contributed by atoms with Crippen LogP contribution in [0.1, 0.15) is 42.1 Å². The topological polar surface area (TPSA) is 164 Å². The molecule has 0 saturated carbocycles. The lowest BCUT2D eigenvalue weighted by molar-refractivity contribution is -0.136. The SMILES string of the molecule is CCOc1cc([C@H]2NC(=O)NC(C)=C2C(=O)OC)ccc1OC[C@H](O)N/N=C/c1cc(Br)c(OCc2ccc(C#N)cc2)c(I)c1. The average molecular weight is 804 g/mol. The van der Waals surface area contributed by atoms with Gasteiger partial charge in [0.1, 0.15) is 19.0 Å². The Morgan fingerprint density at radius 1 is 1.17 bits per heavy atom. The van der Waals surface area contributed by atoms with Gasteiger partial charge < -0.3 is 34.7 Å². The highest BCUT2D eigenvalue weighted by Gasteiger charge is 2.32. The molecular weight excluding hydrogens is 773 g/mol. The monoisotopic (exact) mass is 803 g/mol. The predicted octanol–water partition coefficient (Wildman–Crippen LogP) is 5.02. The molecule has 12 nitrogen and oxygen atoms in total. The lowest BCUT2D eigenvalue weighted by Crippen LogP contribution is -2.45. The molecule has 3 aromatic rings. The van der Waals surface area contributed by atoms with Crippen LogP contribution in [0.2, 0.25) is 0 Å². The van der Waals surface area contributed by atoms with Crippen LogP contribution in [0, 0.1) is 14.9 Å². The van der Waals surface area contributed by atoms with Gasteiger partial charge in [0.15, 0.2) is 17.7 Å². The Bertz CT molecular complexity index is 1670. The lowest BCUT2D eigenvalue weighted by atomic mass is 9.95. The molecule has 240 valence electrons. The third kappa shape index (κ3) is 8.89. The number of hydrogen-bond donors (Lipinski definition) is 4. The summed E-state index contributed by atoms with van der Waals surface area (Å²) < 4.78 is 24.1. The van der Waals surface area contributed by atoms with E-state index in [2.05, 4.69) is 65.8 Å². The number of carbonyl (C=O) groups excluding carboxylic acids is 2. The van der Waals surface area contributed by atoms with Crippen LogP contribution in [0.4, 0.5) is 4.79 Å². The lowest BCUT2D eigenvalue weighted by Gasteiger charge is -2.28. The Balaban J connectivity index is 1.36. The molecule has 2 atom stereocenters. The molecule has 0 aromatic heterocycles. The fourth-order valence-corrected chi connectivity index (χ4v) is 6.21. The van der Waals surface area contributed by atoms with Crippen LogP contribution in [0.25, 0.3) is 0 Å². The number of nitrogens with zero attached hydrogens (tertiary/aromatic N) is 2. The highest BCUT2D eigenvalue weighted by molar-refractivity contribution is 14.1. The first-order chi connectivity index (χ1) is 22.1. The molecule has 0 bridgehead atoms. The number of aliphatic hydroxyl groups excluding tert-OH is 1. The maximum atomic E-state index is 12.5. The molecule has 1 heterocycles. The van der Waals surface area contributed by atoms with Gasteiger partial charge in [-0.2, -0.15) is 10.4 Å². The van der Waals surface area contributed by atoms with E-state index in [-0.39, 0.29) is 12.2 Å². The molecule has 4 rings (SSSR count). The standard InChI is InChI=1S/C32H31BrIN5O7/c1-4-44-26-13-22(29-28(31(41)43-3)18(2)37-32(42)38-29)9-10-25(26)45-17-27(40)39-36-15-21-11-23(33)30(24(34)12-21)46-16-20-7-5-19(14-35)6-8-20/h5-13,15,27,29,39-40H,4,16-17H2,1-3H3,(H2,37,38,42)/b36-15+/t27-,29+/m0/s1. The zero-order chi connectivity index (χ0) is 33.2. The molecule has 3 aromatic carbocycles. The summed E-state index contributed by atoms with van der Waals surface area (Å²) in [5, 5.41) is 28.9. The van der Waals surface area contributed by atoms with Crippen molar-refractivity contribution < 1.29 is 33.6 Å². The maximum Gasteiger partial charge on any atom is 0.337 e. The van der Waals surface area contributed by atoms with E-state index < -0.39 is 24.3 Å². The van der Waals surface area contributed by atoms with E-state index in [1.165, 1.54) is 7.11 Å². The number of amides is 2. The van der Waals surface area contributed by atoms with E-state index in [0.717, 1.165) is 19.2 Å². The molecule has 2 amide bonds. The van der Waals surface area contributed by atoms with Crippen molar-refractivity contribution in [3.63, 3.8) is 0 Å². The number of urea groups is 1. The number of esters is 1. The minimum Gasteiger partial charge on any atom is -0.490 e. The smallest absolute Gasteiger partial charge is 0.337 e. The number of nitrogens with one attached hydrogen (secondary N) is 3. The van der Waals surface area contributed by atoms with Crippen LogP contribution in [-0.2, 0) is 16.1 Å². The number of ether oxygens (including phenoxy) is 4. The Morgan fingerprint density at radius 3 is 2.61 bits per heavy atom. The summed E-state index contributed by atoms with van der Waals surface area (Å²) in [4.78, 5) is 24.6. The second-order valence-electron chi connectivity index (χ2n) is 9.83. The second-order valence-corrected chi connectivity index (χ2v) is 11.8. The van der Waals surface area contributed by atoms with E-state index in [9.17, 15) is 14.7 Å². The molecule has 4 N–H and O–H groups in total. The van der Waals surface area contributed by atoms with Crippen molar-refractivity contribution in [1.29, 1.82) is 5.26 Å². The van der Waals surface area contributed by atoms with Gasteiger partial charge in [0.25, 0.3) is 0 Å². The van der Waals surface area contributed by atoms with Crippen molar-refractivity contribution in [2.24, 2.45) is 5.10 Å².